The topological polar surface area (TPSA) is 24.9 Å². The van der Waals surface area contributed by atoms with Crippen LogP contribution in [0.1, 0.15) is 11.6 Å². The molecule has 100 valence electrons. The van der Waals surface area contributed by atoms with Gasteiger partial charge in [0, 0.05) is 25.7 Å². The van der Waals surface area contributed by atoms with Crippen molar-refractivity contribution in [1.29, 1.82) is 0 Å². The quantitative estimate of drug-likeness (QED) is 0.814. The highest BCUT2D eigenvalue weighted by Gasteiger charge is 2.24. The van der Waals surface area contributed by atoms with E-state index in [1.54, 1.807) is 14.2 Å². The molecule has 1 saturated heterocycles. The molecule has 1 aromatic carbocycles. The molecule has 0 N–H and O–H groups in total. The highest BCUT2D eigenvalue weighted by Crippen LogP contribution is 2.32. The SMILES string of the molecule is COc1ccc(C2CN(C)CCN2C)cc1OC. The van der Waals surface area contributed by atoms with Gasteiger partial charge in [-0.25, -0.2) is 0 Å². The van der Waals surface area contributed by atoms with Crippen molar-refractivity contribution < 1.29 is 9.47 Å². The molecule has 0 amide bonds. The van der Waals surface area contributed by atoms with Crippen molar-refractivity contribution in [2.75, 3.05) is 47.9 Å². The van der Waals surface area contributed by atoms with Gasteiger partial charge in [-0.1, -0.05) is 6.07 Å². The van der Waals surface area contributed by atoms with Gasteiger partial charge in [-0.2, -0.15) is 0 Å². The lowest BCUT2D eigenvalue weighted by atomic mass is 10.0. The number of piperazine rings is 1. The van der Waals surface area contributed by atoms with Gasteiger partial charge in [0.1, 0.15) is 0 Å². The first-order chi connectivity index (χ1) is 8.65. The zero-order chi connectivity index (χ0) is 13.1. The lowest BCUT2D eigenvalue weighted by molar-refractivity contribution is 0.115. The van der Waals surface area contributed by atoms with Crippen LogP contribution < -0.4 is 9.47 Å². The molecule has 4 nitrogen and oxygen atoms in total. The van der Waals surface area contributed by atoms with Crippen molar-refractivity contribution >= 4 is 0 Å². The van der Waals surface area contributed by atoms with Crippen LogP contribution in [0.3, 0.4) is 0 Å². The van der Waals surface area contributed by atoms with E-state index in [4.69, 9.17) is 9.47 Å². The molecule has 0 aromatic heterocycles. The van der Waals surface area contributed by atoms with E-state index in [1.807, 2.05) is 6.07 Å². The van der Waals surface area contributed by atoms with Crippen molar-refractivity contribution in [2.45, 2.75) is 6.04 Å². The summed E-state index contributed by atoms with van der Waals surface area (Å²) >= 11 is 0. The second kappa shape index (κ2) is 5.59. The molecule has 0 bridgehead atoms. The molecule has 0 spiro atoms. The predicted molar refractivity (Wildman–Crippen MR) is 72.4 cm³/mol. The minimum Gasteiger partial charge on any atom is -0.493 e. The van der Waals surface area contributed by atoms with Crippen molar-refractivity contribution in [1.82, 2.24) is 9.80 Å². The fraction of sp³-hybridized carbons (Fsp3) is 0.571. The van der Waals surface area contributed by atoms with Crippen LogP contribution in [0, 0.1) is 0 Å². The number of nitrogens with zero attached hydrogens (tertiary/aromatic N) is 2. The van der Waals surface area contributed by atoms with E-state index in [9.17, 15) is 0 Å². The fourth-order valence-electron chi connectivity index (χ4n) is 2.43. The summed E-state index contributed by atoms with van der Waals surface area (Å²) in [4.78, 5) is 4.75. The Labute approximate surface area is 109 Å². The van der Waals surface area contributed by atoms with E-state index >= 15 is 0 Å². The van der Waals surface area contributed by atoms with Crippen LogP contribution in [0.15, 0.2) is 18.2 Å². The molecule has 2 rings (SSSR count). The van der Waals surface area contributed by atoms with Crippen molar-refractivity contribution in [3.05, 3.63) is 23.8 Å². The number of hydrogen-bond acceptors (Lipinski definition) is 4. The first-order valence-electron chi connectivity index (χ1n) is 6.26. The number of hydrogen-bond donors (Lipinski definition) is 0. The highest BCUT2D eigenvalue weighted by molar-refractivity contribution is 5.44. The molecule has 1 fully saturated rings. The minimum atomic E-state index is 0.420. The van der Waals surface area contributed by atoms with E-state index in [2.05, 4.69) is 36.0 Å². The molecule has 4 heteroatoms. The van der Waals surface area contributed by atoms with Crippen LogP contribution in [0.25, 0.3) is 0 Å². The smallest absolute Gasteiger partial charge is 0.161 e. The minimum absolute atomic E-state index is 0.420. The maximum Gasteiger partial charge on any atom is 0.161 e. The van der Waals surface area contributed by atoms with Gasteiger partial charge in [-0.3, -0.25) is 4.90 Å². The first kappa shape index (κ1) is 13.2. The molecule has 1 heterocycles. The van der Waals surface area contributed by atoms with Crippen LogP contribution in [0.4, 0.5) is 0 Å². The lowest BCUT2D eigenvalue weighted by Gasteiger charge is -2.38. The maximum atomic E-state index is 5.37. The molecular formula is C14H22N2O2. The Balaban J connectivity index is 2.26. The molecule has 18 heavy (non-hydrogen) atoms. The lowest BCUT2D eigenvalue weighted by Crippen LogP contribution is -2.44. The highest BCUT2D eigenvalue weighted by atomic mass is 16.5. The van der Waals surface area contributed by atoms with Gasteiger partial charge >= 0.3 is 0 Å². The predicted octanol–water partition coefficient (Wildman–Crippen LogP) is 1.62. The summed E-state index contributed by atoms with van der Waals surface area (Å²) < 4.78 is 10.7. The number of benzene rings is 1. The van der Waals surface area contributed by atoms with Gasteiger partial charge in [0.25, 0.3) is 0 Å². The van der Waals surface area contributed by atoms with Gasteiger partial charge in [0.05, 0.1) is 14.2 Å². The Morgan fingerprint density at radius 1 is 1.06 bits per heavy atom. The second-order valence-corrected chi connectivity index (χ2v) is 4.87. The molecule has 1 aromatic rings. The van der Waals surface area contributed by atoms with Crippen molar-refractivity contribution in [2.24, 2.45) is 0 Å². The van der Waals surface area contributed by atoms with E-state index in [1.165, 1.54) is 5.56 Å². The van der Waals surface area contributed by atoms with Crippen LogP contribution in [0.5, 0.6) is 11.5 Å². The van der Waals surface area contributed by atoms with Gasteiger partial charge in [-0.15, -0.1) is 0 Å². The summed E-state index contributed by atoms with van der Waals surface area (Å²) in [6, 6.07) is 6.61. The van der Waals surface area contributed by atoms with Gasteiger partial charge in [0.15, 0.2) is 11.5 Å². The molecule has 1 aliphatic rings. The summed E-state index contributed by atoms with van der Waals surface area (Å²) in [6.07, 6.45) is 0. The van der Waals surface area contributed by atoms with Crippen LogP contribution in [-0.2, 0) is 0 Å². The first-order valence-corrected chi connectivity index (χ1v) is 6.26. The monoisotopic (exact) mass is 250 g/mol. The Bertz CT molecular complexity index is 409. The third kappa shape index (κ3) is 2.60. The van der Waals surface area contributed by atoms with E-state index < -0.39 is 0 Å². The zero-order valence-corrected chi connectivity index (χ0v) is 11.6. The second-order valence-electron chi connectivity index (χ2n) is 4.87. The molecule has 1 unspecified atom stereocenters. The van der Waals surface area contributed by atoms with Crippen LogP contribution in [0.2, 0.25) is 0 Å². The average molecular weight is 250 g/mol. The average Bonchev–Trinajstić information content (AvgIpc) is 2.40. The fourth-order valence-corrected chi connectivity index (χ4v) is 2.43. The third-order valence-corrected chi connectivity index (χ3v) is 3.64. The van der Waals surface area contributed by atoms with Crippen molar-refractivity contribution in [3.63, 3.8) is 0 Å². The van der Waals surface area contributed by atoms with Gasteiger partial charge in [0.2, 0.25) is 0 Å². The molecule has 1 atom stereocenters. The van der Waals surface area contributed by atoms with E-state index in [0.29, 0.717) is 6.04 Å². The summed E-state index contributed by atoms with van der Waals surface area (Å²) in [7, 11) is 7.69. The Morgan fingerprint density at radius 2 is 1.78 bits per heavy atom. The normalized spacial score (nSPS) is 21.9. The molecule has 0 aliphatic carbocycles. The molecule has 0 saturated carbocycles. The largest absolute Gasteiger partial charge is 0.493 e. The zero-order valence-electron chi connectivity index (χ0n) is 11.6. The summed E-state index contributed by atoms with van der Waals surface area (Å²) in [5.41, 5.74) is 1.28. The Kier molecular flexibility index (Phi) is 4.09. The van der Waals surface area contributed by atoms with Crippen LogP contribution >= 0.6 is 0 Å². The van der Waals surface area contributed by atoms with Crippen molar-refractivity contribution in [3.8, 4) is 11.5 Å². The summed E-state index contributed by atoms with van der Waals surface area (Å²) in [5, 5.41) is 0. The number of methoxy groups -OCH3 is 2. The van der Waals surface area contributed by atoms with Crippen LogP contribution in [-0.4, -0.2) is 57.7 Å². The summed E-state index contributed by atoms with van der Waals surface area (Å²) in [5.74, 6) is 1.59. The Hall–Kier alpha value is -1.26. The number of rotatable bonds is 3. The standard InChI is InChI=1S/C14H22N2O2/c1-15-7-8-16(2)12(10-15)11-5-6-13(17-3)14(9-11)18-4/h5-6,9,12H,7-8,10H2,1-4H3. The third-order valence-electron chi connectivity index (χ3n) is 3.64. The maximum absolute atomic E-state index is 5.37. The summed E-state index contributed by atoms with van der Waals surface area (Å²) in [6.45, 7) is 3.27. The molecule has 0 radical (unpaired) electrons. The van der Waals surface area contributed by atoms with Gasteiger partial charge < -0.3 is 14.4 Å². The number of ether oxygens (including phenoxy) is 2. The van der Waals surface area contributed by atoms with Gasteiger partial charge in [-0.05, 0) is 31.8 Å². The van der Waals surface area contributed by atoms with E-state index in [-0.39, 0.29) is 0 Å². The molecule has 1 aliphatic heterocycles. The van der Waals surface area contributed by atoms with E-state index in [0.717, 1.165) is 31.1 Å². The molecular weight excluding hydrogens is 228 g/mol. The Morgan fingerprint density at radius 3 is 2.44 bits per heavy atom. The number of likely N-dealkylation sites (N-methyl/N-ethyl adjacent to an activating group) is 2.